The Balaban J connectivity index is 2.15. The molecule has 0 saturated heterocycles. The molecule has 0 aliphatic rings. The van der Waals surface area contributed by atoms with E-state index in [2.05, 4.69) is 15.5 Å². The summed E-state index contributed by atoms with van der Waals surface area (Å²) in [5, 5.41) is 10.6. The zero-order valence-electron chi connectivity index (χ0n) is 12.4. The number of thioether (sulfide) groups is 1. The van der Waals surface area contributed by atoms with E-state index in [1.54, 1.807) is 25.1 Å². The molecule has 1 atom stereocenters. The molecule has 0 aliphatic heterocycles. The summed E-state index contributed by atoms with van der Waals surface area (Å²) < 4.78 is 15.0. The highest BCUT2D eigenvalue weighted by Crippen LogP contribution is 2.26. The topological polar surface area (TPSA) is 85.8 Å². The number of hydrogen-bond donors (Lipinski definition) is 2. The average molecular weight is 323 g/mol. The molecule has 8 heteroatoms. The second-order valence-electron chi connectivity index (χ2n) is 4.71. The summed E-state index contributed by atoms with van der Waals surface area (Å²) >= 11 is 1.18. The van der Waals surface area contributed by atoms with Crippen molar-refractivity contribution in [3.8, 4) is 11.4 Å². The number of amides is 1. The largest absolute Gasteiger partial charge is 0.355 e. The third-order valence-corrected chi connectivity index (χ3v) is 4.04. The van der Waals surface area contributed by atoms with Crippen LogP contribution in [0.15, 0.2) is 29.4 Å². The first-order valence-corrected chi connectivity index (χ1v) is 7.82. The fourth-order valence-electron chi connectivity index (χ4n) is 1.79. The van der Waals surface area contributed by atoms with Gasteiger partial charge in [0.1, 0.15) is 5.82 Å². The van der Waals surface area contributed by atoms with Crippen LogP contribution in [0.3, 0.4) is 0 Å². The Morgan fingerprint density at radius 1 is 1.45 bits per heavy atom. The molecule has 0 radical (unpaired) electrons. The zero-order chi connectivity index (χ0) is 16.1. The maximum atomic E-state index is 13.8. The maximum Gasteiger partial charge on any atom is 0.233 e. The van der Waals surface area contributed by atoms with E-state index in [1.165, 1.54) is 22.5 Å². The van der Waals surface area contributed by atoms with Gasteiger partial charge in [0.25, 0.3) is 0 Å². The van der Waals surface area contributed by atoms with Gasteiger partial charge in [-0.05, 0) is 25.5 Å². The van der Waals surface area contributed by atoms with Crippen molar-refractivity contribution >= 4 is 17.7 Å². The summed E-state index contributed by atoms with van der Waals surface area (Å²) in [5.74, 6) is 5.63. The van der Waals surface area contributed by atoms with Crippen LogP contribution in [0, 0.1) is 5.82 Å². The van der Waals surface area contributed by atoms with Gasteiger partial charge in [-0.1, -0.05) is 30.8 Å². The Morgan fingerprint density at radius 3 is 2.86 bits per heavy atom. The maximum absolute atomic E-state index is 13.8. The predicted octanol–water partition coefficient (Wildman–Crippen LogP) is 1.80. The fraction of sp³-hybridized carbons (Fsp3) is 0.357. The first-order valence-electron chi connectivity index (χ1n) is 6.94. The number of nitrogens with two attached hydrogens (primary N) is 1. The van der Waals surface area contributed by atoms with Gasteiger partial charge >= 0.3 is 0 Å². The molecule has 118 valence electrons. The summed E-state index contributed by atoms with van der Waals surface area (Å²) in [5.41, 5.74) is 0.271. The Bertz CT molecular complexity index is 660. The average Bonchev–Trinajstić information content (AvgIpc) is 2.86. The third-order valence-electron chi connectivity index (χ3n) is 2.98. The van der Waals surface area contributed by atoms with Crippen LogP contribution in [0.25, 0.3) is 11.4 Å². The van der Waals surface area contributed by atoms with Crippen LogP contribution in [0.4, 0.5) is 4.39 Å². The molecule has 0 aliphatic carbocycles. The molecule has 1 aromatic carbocycles. The summed E-state index contributed by atoms with van der Waals surface area (Å²) in [6.07, 6.45) is 0.869. The van der Waals surface area contributed by atoms with Gasteiger partial charge in [-0.25, -0.2) is 9.07 Å². The molecular weight excluding hydrogens is 305 g/mol. The van der Waals surface area contributed by atoms with E-state index in [9.17, 15) is 9.18 Å². The van der Waals surface area contributed by atoms with E-state index >= 15 is 0 Å². The van der Waals surface area contributed by atoms with Gasteiger partial charge in [-0.3, -0.25) is 4.79 Å². The number of aromatic nitrogens is 3. The van der Waals surface area contributed by atoms with Crippen LogP contribution in [-0.4, -0.2) is 32.6 Å². The molecule has 6 nitrogen and oxygen atoms in total. The number of halogens is 1. The molecule has 0 fully saturated rings. The first kappa shape index (κ1) is 16.3. The molecule has 1 aromatic heterocycles. The van der Waals surface area contributed by atoms with Gasteiger partial charge in [0, 0.05) is 6.54 Å². The Labute approximate surface area is 132 Å². The Morgan fingerprint density at radius 2 is 2.18 bits per heavy atom. The molecule has 22 heavy (non-hydrogen) atoms. The van der Waals surface area contributed by atoms with Gasteiger partial charge in [0.15, 0.2) is 5.82 Å². The Hall–Kier alpha value is -2.09. The van der Waals surface area contributed by atoms with E-state index in [4.69, 9.17) is 5.84 Å². The smallest absolute Gasteiger partial charge is 0.233 e. The fourth-order valence-corrected chi connectivity index (χ4v) is 2.58. The van der Waals surface area contributed by atoms with Gasteiger partial charge in [0.05, 0.1) is 10.8 Å². The van der Waals surface area contributed by atoms with E-state index in [1.807, 2.05) is 6.92 Å². The van der Waals surface area contributed by atoms with Crippen molar-refractivity contribution in [2.45, 2.75) is 30.7 Å². The number of rotatable bonds is 6. The second-order valence-corrected chi connectivity index (χ2v) is 6.02. The van der Waals surface area contributed by atoms with Crippen molar-refractivity contribution < 1.29 is 9.18 Å². The lowest BCUT2D eigenvalue weighted by atomic mass is 10.2. The van der Waals surface area contributed by atoms with Crippen LogP contribution in [0.5, 0.6) is 0 Å². The lowest BCUT2D eigenvalue weighted by Gasteiger charge is -2.10. The lowest BCUT2D eigenvalue weighted by Crippen LogP contribution is -2.31. The minimum absolute atomic E-state index is 0.0951. The number of nitrogens with zero attached hydrogens (tertiary/aromatic N) is 3. The van der Waals surface area contributed by atoms with Gasteiger partial charge in [-0.15, -0.1) is 10.2 Å². The number of carbonyl (C=O) groups excluding carboxylic acids is 1. The van der Waals surface area contributed by atoms with Gasteiger partial charge in [0.2, 0.25) is 11.1 Å². The van der Waals surface area contributed by atoms with Crippen LogP contribution in [-0.2, 0) is 4.79 Å². The molecule has 3 N–H and O–H groups in total. The molecule has 0 spiro atoms. The SMILES string of the molecule is CCCNC(=O)[C@@H](C)Sc1nnc(-c2ccccc2F)n1N. The van der Waals surface area contributed by atoms with Crippen molar-refractivity contribution in [2.75, 3.05) is 12.4 Å². The summed E-state index contributed by atoms with van der Waals surface area (Å²) in [6, 6.07) is 6.19. The number of hydrogen-bond acceptors (Lipinski definition) is 5. The van der Waals surface area contributed by atoms with Crippen molar-refractivity contribution in [3.63, 3.8) is 0 Å². The van der Waals surface area contributed by atoms with Crippen molar-refractivity contribution in [3.05, 3.63) is 30.1 Å². The normalized spacial score (nSPS) is 12.1. The number of carbonyl (C=O) groups is 1. The van der Waals surface area contributed by atoms with E-state index in [-0.39, 0.29) is 22.5 Å². The summed E-state index contributed by atoms with van der Waals surface area (Å²) in [6.45, 7) is 4.36. The molecule has 2 aromatic rings. The number of nitrogens with one attached hydrogen (secondary N) is 1. The van der Waals surface area contributed by atoms with Crippen LogP contribution < -0.4 is 11.2 Å². The predicted molar refractivity (Wildman–Crippen MR) is 84.2 cm³/mol. The quantitative estimate of drug-likeness (QED) is 0.625. The molecule has 0 unspecified atom stereocenters. The first-order chi connectivity index (χ1) is 10.5. The minimum atomic E-state index is -0.424. The molecule has 2 rings (SSSR count). The zero-order valence-corrected chi connectivity index (χ0v) is 13.2. The molecule has 1 heterocycles. The van der Waals surface area contributed by atoms with Crippen LogP contribution in [0.2, 0.25) is 0 Å². The molecule has 1 amide bonds. The minimum Gasteiger partial charge on any atom is -0.355 e. The highest BCUT2D eigenvalue weighted by atomic mass is 32.2. The highest BCUT2D eigenvalue weighted by molar-refractivity contribution is 8.00. The van der Waals surface area contributed by atoms with Crippen molar-refractivity contribution in [2.24, 2.45) is 0 Å². The summed E-state index contributed by atoms with van der Waals surface area (Å²) in [4.78, 5) is 11.9. The molecular formula is C14H18FN5OS. The van der Waals surface area contributed by atoms with Gasteiger partial charge in [-0.2, -0.15) is 0 Å². The second kappa shape index (κ2) is 7.26. The Kier molecular flexibility index (Phi) is 5.37. The molecule has 0 saturated carbocycles. The van der Waals surface area contributed by atoms with Crippen LogP contribution >= 0.6 is 11.8 Å². The van der Waals surface area contributed by atoms with Crippen LogP contribution in [0.1, 0.15) is 20.3 Å². The standard InChI is InChI=1S/C14H18FN5OS/c1-3-8-17-13(21)9(2)22-14-19-18-12(20(14)16)10-6-4-5-7-11(10)15/h4-7,9H,3,8,16H2,1-2H3,(H,17,21)/t9-/m1/s1. The molecule has 0 bridgehead atoms. The summed E-state index contributed by atoms with van der Waals surface area (Å²) in [7, 11) is 0. The lowest BCUT2D eigenvalue weighted by molar-refractivity contribution is -0.120. The van der Waals surface area contributed by atoms with E-state index < -0.39 is 5.82 Å². The monoisotopic (exact) mass is 323 g/mol. The number of benzene rings is 1. The van der Waals surface area contributed by atoms with Crippen molar-refractivity contribution in [1.29, 1.82) is 0 Å². The van der Waals surface area contributed by atoms with E-state index in [0.717, 1.165) is 6.42 Å². The number of nitrogen functional groups attached to an aromatic ring is 1. The van der Waals surface area contributed by atoms with E-state index in [0.29, 0.717) is 11.7 Å². The van der Waals surface area contributed by atoms with Gasteiger partial charge < -0.3 is 11.2 Å². The third kappa shape index (κ3) is 3.56. The van der Waals surface area contributed by atoms with Crippen molar-refractivity contribution in [1.82, 2.24) is 20.2 Å². The highest BCUT2D eigenvalue weighted by Gasteiger charge is 2.20.